The highest BCUT2D eigenvalue weighted by Gasteiger charge is 2.20. The zero-order valence-electron chi connectivity index (χ0n) is 15.4. The van der Waals surface area contributed by atoms with E-state index in [1.165, 1.54) is 0 Å². The summed E-state index contributed by atoms with van der Waals surface area (Å²) in [5, 5.41) is 3.36. The van der Waals surface area contributed by atoms with Crippen LogP contribution in [0.5, 0.6) is 0 Å². The third-order valence-electron chi connectivity index (χ3n) is 5.08. The molecule has 1 aromatic carbocycles. The fraction of sp³-hybridized carbons (Fsp3) is 0.450. The first-order chi connectivity index (χ1) is 13.3. The number of piperazine rings is 1. The van der Waals surface area contributed by atoms with Gasteiger partial charge in [0.05, 0.1) is 11.8 Å². The second-order valence-corrected chi connectivity index (χ2v) is 6.95. The Morgan fingerprint density at radius 3 is 2.67 bits per heavy atom. The Kier molecular flexibility index (Phi) is 5.48. The van der Waals surface area contributed by atoms with Crippen molar-refractivity contribution < 1.29 is 9.53 Å². The lowest BCUT2D eigenvalue weighted by atomic mass is 10.1. The van der Waals surface area contributed by atoms with Crippen molar-refractivity contribution in [3.05, 3.63) is 36.4 Å². The quantitative estimate of drug-likeness (QED) is 0.788. The molecular weight excluding hydrogens is 342 g/mol. The highest BCUT2D eigenvalue weighted by atomic mass is 16.5. The fourth-order valence-electron chi connectivity index (χ4n) is 3.50. The van der Waals surface area contributed by atoms with Crippen LogP contribution < -0.4 is 10.2 Å². The summed E-state index contributed by atoms with van der Waals surface area (Å²) in [7, 11) is 0. The second kappa shape index (κ2) is 8.35. The van der Waals surface area contributed by atoms with Gasteiger partial charge in [0.2, 0.25) is 12.4 Å². The van der Waals surface area contributed by atoms with Gasteiger partial charge in [-0.25, -0.2) is 4.98 Å². The number of hydrogen-bond acceptors (Lipinski definition) is 6. The molecule has 1 N–H and O–H groups in total. The first kappa shape index (κ1) is 17.7. The van der Waals surface area contributed by atoms with E-state index in [9.17, 15) is 4.79 Å². The summed E-state index contributed by atoms with van der Waals surface area (Å²) < 4.78 is 5.69. The van der Waals surface area contributed by atoms with E-state index >= 15 is 0 Å². The Morgan fingerprint density at radius 2 is 1.96 bits per heavy atom. The lowest BCUT2D eigenvalue weighted by molar-refractivity contribution is -0.118. The summed E-state index contributed by atoms with van der Waals surface area (Å²) in [6.07, 6.45) is 3.34. The summed E-state index contributed by atoms with van der Waals surface area (Å²) in [6.45, 7) is 4.53. The van der Waals surface area contributed by atoms with E-state index in [2.05, 4.69) is 22.3 Å². The minimum Gasteiger partial charge on any atom is -0.376 e. The van der Waals surface area contributed by atoms with Crippen LogP contribution in [-0.4, -0.2) is 66.7 Å². The number of rotatable bonds is 6. The van der Waals surface area contributed by atoms with Gasteiger partial charge in [-0.15, -0.1) is 0 Å². The molecule has 0 aliphatic carbocycles. The van der Waals surface area contributed by atoms with Crippen LogP contribution in [0.15, 0.2) is 36.4 Å². The van der Waals surface area contributed by atoms with Crippen LogP contribution >= 0.6 is 0 Å². The summed E-state index contributed by atoms with van der Waals surface area (Å²) in [6, 6.07) is 12.2. The molecule has 142 valence electrons. The van der Waals surface area contributed by atoms with Crippen LogP contribution in [0.2, 0.25) is 0 Å². The van der Waals surface area contributed by atoms with Crippen molar-refractivity contribution in [2.75, 3.05) is 49.5 Å². The maximum Gasteiger partial charge on any atom is 0.225 e. The molecule has 1 amide bonds. The number of carbonyl (C=O) groups excluding carboxylic acids is 1. The number of hydrogen-bond donors (Lipinski definition) is 1. The number of nitrogens with zero attached hydrogens (tertiary/aromatic N) is 4. The molecule has 0 bridgehead atoms. The Balaban J connectivity index is 1.57. The van der Waals surface area contributed by atoms with E-state index in [-0.39, 0.29) is 6.10 Å². The van der Waals surface area contributed by atoms with Crippen LogP contribution in [0.25, 0.3) is 11.3 Å². The molecule has 3 heterocycles. The summed E-state index contributed by atoms with van der Waals surface area (Å²) in [4.78, 5) is 24.4. The average molecular weight is 367 g/mol. The first-order valence-corrected chi connectivity index (χ1v) is 9.56. The number of carbonyl (C=O) groups is 1. The molecule has 0 radical (unpaired) electrons. The summed E-state index contributed by atoms with van der Waals surface area (Å²) >= 11 is 0. The van der Waals surface area contributed by atoms with E-state index in [1.807, 2.05) is 24.3 Å². The maximum absolute atomic E-state index is 11.0. The monoisotopic (exact) mass is 367 g/mol. The normalized spacial score (nSPS) is 19.9. The lowest BCUT2D eigenvalue weighted by Gasteiger charge is -2.33. The molecule has 1 aromatic heterocycles. The Morgan fingerprint density at radius 1 is 1.15 bits per heavy atom. The van der Waals surface area contributed by atoms with Crippen molar-refractivity contribution in [2.45, 2.75) is 18.9 Å². The van der Waals surface area contributed by atoms with E-state index in [1.54, 1.807) is 4.90 Å². The fourth-order valence-corrected chi connectivity index (χ4v) is 3.50. The number of anilines is 2. The molecule has 7 nitrogen and oxygen atoms in total. The molecule has 2 aromatic rings. The van der Waals surface area contributed by atoms with Crippen molar-refractivity contribution in [3.8, 4) is 11.3 Å². The van der Waals surface area contributed by atoms with Crippen LogP contribution in [0.4, 0.5) is 11.8 Å². The van der Waals surface area contributed by atoms with Crippen molar-refractivity contribution in [2.24, 2.45) is 0 Å². The van der Waals surface area contributed by atoms with Gasteiger partial charge in [-0.2, -0.15) is 4.98 Å². The smallest absolute Gasteiger partial charge is 0.225 e. The third-order valence-corrected chi connectivity index (χ3v) is 5.08. The van der Waals surface area contributed by atoms with E-state index in [0.29, 0.717) is 19.0 Å². The standard InChI is InChI=1S/C20H25N5O2/c26-15-24-8-10-25(11-9-24)19-13-18(16-5-2-1-3-6-16)22-20(23-19)21-14-17-7-4-12-27-17/h1-3,5-6,13,15,17H,4,7-12,14H2,(H,21,22,23). The van der Waals surface area contributed by atoms with Gasteiger partial charge in [-0.1, -0.05) is 30.3 Å². The molecule has 1 unspecified atom stereocenters. The molecule has 0 saturated carbocycles. The number of aromatic nitrogens is 2. The lowest BCUT2D eigenvalue weighted by Crippen LogP contribution is -2.46. The number of amides is 1. The van der Waals surface area contributed by atoms with Gasteiger partial charge < -0.3 is 19.9 Å². The number of benzene rings is 1. The van der Waals surface area contributed by atoms with Gasteiger partial charge in [0, 0.05) is 51.0 Å². The van der Waals surface area contributed by atoms with Gasteiger partial charge in [-0.05, 0) is 12.8 Å². The van der Waals surface area contributed by atoms with Crippen LogP contribution in [0.1, 0.15) is 12.8 Å². The number of ether oxygens (including phenoxy) is 1. The van der Waals surface area contributed by atoms with E-state index in [4.69, 9.17) is 14.7 Å². The van der Waals surface area contributed by atoms with Crippen LogP contribution in [0, 0.1) is 0 Å². The van der Waals surface area contributed by atoms with Crippen molar-refractivity contribution in [3.63, 3.8) is 0 Å². The predicted molar refractivity (Wildman–Crippen MR) is 105 cm³/mol. The Hall–Kier alpha value is -2.67. The SMILES string of the molecule is O=CN1CCN(c2cc(-c3ccccc3)nc(NCC3CCCO3)n2)CC1. The topological polar surface area (TPSA) is 70.6 Å². The van der Waals surface area contributed by atoms with Crippen LogP contribution in [-0.2, 0) is 9.53 Å². The predicted octanol–water partition coefficient (Wildman–Crippen LogP) is 2.01. The molecule has 4 rings (SSSR count). The third kappa shape index (κ3) is 4.36. The van der Waals surface area contributed by atoms with Gasteiger partial charge in [0.15, 0.2) is 0 Å². The minimum atomic E-state index is 0.230. The Bertz CT molecular complexity index is 756. The van der Waals surface area contributed by atoms with Gasteiger partial charge in [0.1, 0.15) is 5.82 Å². The zero-order chi connectivity index (χ0) is 18.5. The van der Waals surface area contributed by atoms with E-state index in [0.717, 1.165) is 62.6 Å². The molecule has 2 aliphatic rings. The summed E-state index contributed by atoms with van der Waals surface area (Å²) in [5.41, 5.74) is 1.96. The second-order valence-electron chi connectivity index (χ2n) is 6.95. The first-order valence-electron chi connectivity index (χ1n) is 9.56. The molecule has 1 atom stereocenters. The minimum absolute atomic E-state index is 0.230. The largest absolute Gasteiger partial charge is 0.376 e. The molecule has 2 aliphatic heterocycles. The molecule has 2 fully saturated rings. The van der Waals surface area contributed by atoms with Crippen molar-refractivity contribution >= 4 is 18.2 Å². The average Bonchev–Trinajstić information content (AvgIpc) is 3.26. The Labute approximate surface area is 159 Å². The van der Waals surface area contributed by atoms with Gasteiger partial charge in [0.25, 0.3) is 0 Å². The molecular formula is C20H25N5O2. The molecule has 2 saturated heterocycles. The van der Waals surface area contributed by atoms with Crippen molar-refractivity contribution in [1.29, 1.82) is 0 Å². The van der Waals surface area contributed by atoms with Crippen LogP contribution in [0.3, 0.4) is 0 Å². The maximum atomic E-state index is 11.0. The summed E-state index contributed by atoms with van der Waals surface area (Å²) in [5.74, 6) is 1.52. The van der Waals surface area contributed by atoms with Crippen molar-refractivity contribution in [1.82, 2.24) is 14.9 Å². The zero-order valence-corrected chi connectivity index (χ0v) is 15.4. The highest BCUT2D eigenvalue weighted by molar-refractivity contribution is 5.65. The molecule has 7 heteroatoms. The van der Waals surface area contributed by atoms with Gasteiger partial charge >= 0.3 is 0 Å². The highest BCUT2D eigenvalue weighted by Crippen LogP contribution is 2.24. The molecule has 27 heavy (non-hydrogen) atoms. The van der Waals surface area contributed by atoms with Gasteiger partial charge in [-0.3, -0.25) is 4.79 Å². The number of nitrogens with one attached hydrogen (secondary N) is 1. The van der Waals surface area contributed by atoms with E-state index < -0.39 is 0 Å². The molecule has 0 spiro atoms.